The van der Waals surface area contributed by atoms with Crippen molar-refractivity contribution in [2.24, 2.45) is 7.05 Å². The van der Waals surface area contributed by atoms with Crippen molar-refractivity contribution < 1.29 is 55.2 Å². The van der Waals surface area contributed by atoms with Crippen LogP contribution in [0.1, 0.15) is 70.6 Å². The third kappa shape index (κ3) is 5.36. The Morgan fingerprint density at radius 1 is 0.957 bits per heavy atom. The second-order valence-corrected chi connectivity index (χ2v) is 12.6. The summed E-state index contributed by atoms with van der Waals surface area (Å²) >= 11 is 0. The molecule has 9 nitrogen and oxygen atoms in total. The Bertz CT molecular complexity index is 2040. The van der Waals surface area contributed by atoms with Gasteiger partial charge < -0.3 is 20.7 Å². The number of carbonyl (C=O) groups excluding carboxylic acids is 2. The van der Waals surface area contributed by atoms with Gasteiger partial charge in [0.05, 0.1) is 23.7 Å². The third-order valence-electron chi connectivity index (χ3n) is 9.54. The first kappa shape index (κ1) is 30.5. The number of aryl methyl sites for hydroxylation is 1. The van der Waals surface area contributed by atoms with Crippen molar-refractivity contribution in [1.29, 1.82) is 0 Å². The van der Waals surface area contributed by atoms with Crippen molar-refractivity contribution in [3.63, 3.8) is 0 Å². The summed E-state index contributed by atoms with van der Waals surface area (Å²) in [6.07, 6.45) is 9.37. The minimum absolute atomic E-state index is 0. The Morgan fingerprint density at radius 3 is 2.48 bits per heavy atom. The Morgan fingerprint density at radius 2 is 1.76 bits per heavy atom. The van der Waals surface area contributed by atoms with Crippen LogP contribution in [-0.4, -0.2) is 60.7 Å². The molecule has 0 bridgehead atoms. The van der Waals surface area contributed by atoms with E-state index in [0.717, 1.165) is 46.0 Å². The number of likely N-dealkylation sites (tertiary alicyclic amines) is 1. The van der Waals surface area contributed by atoms with Crippen molar-refractivity contribution in [3.8, 4) is 28.0 Å². The Balaban J connectivity index is 0.00000193. The molecule has 1 spiro atoms. The molecule has 8 rings (SSSR count). The molecule has 1 amide bonds. The van der Waals surface area contributed by atoms with Crippen LogP contribution >= 0.6 is 0 Å². The molecular weight excluding hydrogens is 591 g/mol. The van der Waals surface area contributed by atoms with Crippen LogP contribution in [-0.2, 0) is 7.05 Å². The van der Waals surface area contributed by atoms with Gasteiger partial charge in [0.1, 0.15) is 11.4 Å². The number of aromatic nitrogens is 3. The molecule has 0 radical (unpaired) electrons. The van der Waals surface area contributed by atoms with E-state index in [2.05, 4.69) is 21.9 Å². The minimum Gasteiger partial charge on any atom is -1.00 e. The number of fused-ring (bicyclic) bond motifs is 2. The number of hydrogen-bond donors (Lipinski definition) is 1. The molecule has 1 saturated carbocycles. The summed E-state index contributed by atoms with van der Waals surface area (Å²) in [5.41, 5.74) is 5.19. The molecule has 2 aliphatic heterocycles. The molecule has 228 valence electrons. The number of ether oxygens (including phenoxy) is 1. The number of aromatic carboxylic acids is 1. The minimum atomic E-state index is -0.988. The molecule has 1 N–H and O–H groups in total. The van der Waals surface area contributed by atoms with E-state index in [1.807, 2.05) is 54.5 Å². The number of benzene rings is 3. The van der Waals surface area contributed by atoms with Crippen LogP contribution < -0.4 is 34.3 Å². The predicted octanol–water partition coefficient (Wildman–Crippen LogP) is 3.50. The number of carbonyl (C=O) groups is 3. The molecule has 0 unspecified atom stereocenters. The largest absolute Gasteiger partial charge is 1.00 e. The smallest absolute Gasteiger partial charge is 1.00 e. The van der Waals surface area contributed by atoms with E-state index >= 15 is 0 Å². The molecule has 4 heterocycles. The summed E-state index contributed by atoms with van der Waals surface area (Å²) in [6.45, 7) is 0.946. The van der Waals surface area contributed by atoms with E-state index in [9.17, 15) is 19.5 Å². The van der Waals surface area contributed by atoms with Crippen molar-refractivity contribution in [1.82, 2.24) is 19.2 Å². The summed E-state index contributed by atoms with van der Waals surface area (Å²) in [7, 11) is 1.86. The first-order valence-electron chi connectivity index (χ1n) is 15.4. The second kappa shape index (κ2) is 11.6. The number of piperidine rings is 1. The van der Waals surface area contributed by atoms with Crippen molar-refractivity contribution >= 4 is 28.6 Å². The Hall–Kier alpha value is -4.18. The normalized spacial score (nSPS) is 17.0. The second-order valence-electron chi connectivity index (χ2n) is 12.6. The van der Waals surface area contributed by atoms with E-state index in [-0.39, 0.29) is 54.7 Å². The van der Waals surface area contributed by atoms with Gasteiger partial charge in [-0.3, -0.25) is 14.3 Å². The van der Waals surface area contributed by atoms with Crippen LogP contribution in [0.15, 0.2) is 79.3 Å². The van der Waals surface area contributed by atoms with Gasteiger partial charge in [0.25, 0.3) is 5.91 Å². The fourth-order valence-corrected chi connectivity index (χ4v) is 6.94. The van der Waals surface area contributed by atoms with Gasteiger partial charge in [-0.25, -0.2) is 4.79 Å². The number of hydrogen-bond acceptors (Lipinski definition) is 5. The van der Waals surface area contributed by atoms with Crippen LogP contribution in [0.5, 0.6) is 5.75 Å². The third-order valence-corrected chi connectivity index (χ3v) is 9.54. The zero-order valence-electron chi connectivity index (χ0n) is 26.9. The summed E-state index contributed by atoms with van der Waals surface area (Å²) in [5, 5.41) is 14.8. The van der Waals surface area contributed by atoms with Gasteiger partial charge in [-0.15, -0.1) is 0 Å². The average Bonchev–Trinajstić information content (AvgIpc) is 3.65. The number of amides is 1. The molecular formula is C36H33N4NaO5. The van der Waals surface area contributed by atoms with Crippen LogP contribution in [0.25, 0.3) is 33.2 Å². The number of carboxylic acids is 1. The molecule has 0 atom stereocenters. The number of ketones is 1. The van der Waals surface area contributed by atoms with E-state index in [0.29, 0.717) is 48.8 Å². The SMILES string of the molecule is Cn1cc(-c2ccc3c(c2)C(=O)CC2(CCN(C(=O)c4cc(-c5cccc(C(=O)O)c5)c5ccn(C6CC6)c5c4)CC2)O3)cn1.[H-].[Na+]. The van der Waals surface area contributed by atoms with Gasteiger partial charge in [-0.1, -0.05) is 18.2 Å². The summed E-state index contributed by atoms with van der Waals surface area (Å²) in [5.74, 6) is -0.410. The first-order chi connectivity index (χ1) is 21.8. The van der Waals surface area contributed by atoms with E-state index in [1.54, 1.807) is 29.1 Å². The fourth-order valence-electron chi connectivity index (χ4n) is 6.94. The zero-order chi connectivity index (χ0) is 30.9. The van der Waals surface area contributed by atoms with Gasteiger partial charge in [0, 0.05) is 73.4 Å². The number of nitrogens with zero attached hydrogens (tertiary/aromatic N) is 4. The van der Waals surface area contributed by atoms with Crippen molar-refractivity contribution in [2.45, 2.75) is 43.7 Å². The standard InChI is InChI=1S/C36H32N4O5.Na.H/c1-38-21-26(20-37-38)22-5-8-33-30(16-22)32(41)19-36(45-33)10-13-39(14-11-36)34(42)25-17-29(23-3-2-4-24(15-23)35(43)44)28-9-12-40(27-6-7-27)31(28)18-25;;/h2-5,8-9,12,15-18,20-21,27H,6-7,10-11,13-14,19H2,1H3,(H,43,44);;/q;+1;-1. The molecule has 10 heteroatoms. The maximum Gasteiger partial charge on any atom is 1.00 e. The van der Waals surface area contributed by atoms with Gasteiger partial charge in [0.15, 0.2) is 5.78 Å². The van der Waals surface area contributed by atoms with Gasteiger partial charge >= 0.3 is 35.5 Å². The maximum atomic E-state index is 14.0. The molecule has 2 aromatic heterocycles. The molecule has 46 heavy (non-hydrogen) atoms. The summed E-state index contributed by atoms with van der Waals surface area (Å²) in [4.78, 5) is 41.0. The molecule has 3 aliphatic rings. The molecule has 2 fully saturated rings. The molecule has 5 aromatic rings. The average molecular weight is 625 g/mol. The van der Waals surface area contributed by atoms with Crippen LogP contribution in [0.3, 0.4) is 0 Å². The van der Waals surface area contributed by atoms with Gasteiger partial charge in [0.2, 0.25) is 0 Å². The summed E-state index contributed by atoms with van der Waals surface area (Å²) in [6, 6.07) is 18.9. The van der Waals surface area contributed by atoms with Crippen LogP contribution in [0.2, 0.25) is 0 Å². The quantitative estimate of drug-likeness (QED) is 0.300. The number of Topliss-reactive ketones (excluding diaryl/α,β-unsaturated/α-hetero) is 1. The number of carboxylic acid groups (broad SMARTS) is 1. The fraction of sp³-hybridized carbons (Fsp3) is 0.278. The Labute approximate surface area is 289 Å². The van der Waals surface area contributed by atoms with Gasteiger partial charge in [-0.2, -0.15) is 5.10 Å². The Kier molecular flexibility index (Phi) is 7.66. The topological polar surface area (TPSA) is 107 Å². The van der Waals surface area contributed by atoms with E-state index < -0.39 is 11.6 Å². The molecule has 1 aliphatic carbocycles. The maximum absolute atomic E-state index is 14.0. The van der Waals surface area contributed by atoms with E-state index in [1.165, 1.54) is 0 Å². The molecule has 1 saturated heterocycles. The monoisotopic (exact) mass is 624 g/mol. The predicted molar refractivity (Wildman–Crippen MR) is 170 cm³/mol. The van der Waals surface area contributed by atoms with Crippen molar-refractivity contribution in [2.75, 3.05) is 13.1 Å². The summed E-state index contributed by atoms with van der Waals surface area (Å²) < 4.78 is 10.5. The van der Waals surface area contributed by atoms with Crippen molar-refractivity contribution in [3.05, 3.63) is 95.9 Å². The molecule has 3 aromatic carbocycles. The van der Waals surface area contributed by atoms with Gasteiger partial charge in [-0.05, 0) is 72.0 Å². The first-order valence-corrected chi connectivity index (χ1v) is 15.4. The van der Waals surface area contributed by atoms with Crippen LogP contribution in [0, 0.1) is 0 Å². The van der Waals surface area contributed by atoms with Crippen LogP contribution in [0.4, 0.5) is 0 Å². The number of rotatable bonds is 5. The van der Waals surface area contributed by atoms with E-state index in [4.69, 9.17) is 4.74 Å². The zero-order valence-corrected chi connectivity index (χ0v) is 27.9.